The van der Waals surface area contributed by atoms with Crippen LogP contribution in [-0.2, 0) is 14.3 Å². The summed E-state index contributed by atoms with van der Waals surface area (Å²) in [5.41, 5.74) is 5.09. The lowest BCUT2D eigenvalue weighted by atomic mass is 9.54. The number of amides is 1. The third kappa shape index (κ3) is 2.68. The molecule has 1 rings (SSSR count). The van der Waals surface area contributed by atoms with Crippen LogP contribution in [0.3, 0.4) is 0 Å². The van der Waals surface area contributed by atoms with Crippen LogP contribution in [0.4, 0.5) is 0 Å². The van der Waals surface area contributed by atoms with Gasteiger partial charge in [-0.2, -0.15) is 0 Å². The Bertz CT molecular complexity index is 294. The van der Waals surface area contributed by atoms with E-state index in [4.69, 9.17) is 15.2 Å². The van der Waals surface area contributed by atoms with Crippen molar-refractivity contribution in [1.82, 2.24) is 5.32 Å². The van der Waals surface area contributed by atoms with E-state index in [2.05, 4.69) is 5.32 Å². The number of carbonyl (C=O) groups excluding carboxylic acids is 1. The molecule has 0 aromatic rings. The van der Waals surface area contributed by atoms with Gasteiger partial charge in [-0.25, -0.2) is 0 Å². The minimum absolute atomic E-state index is 0.0669. The predicted octanol–water partition coefficient (Wildman–Crippen LogP) is 0.672. The van der Waals surface area contributed by atoms with Gasteiger partial charge in [-0.1, -0.05) is 13.8 Å². The zero-order chi connectivity index (χ0) is 13.8. The van der Waals surface area contributed by atoms with E-state index >= 15 is 0 Å². The Kier molecular flexibility index (Phi) is 5.13. The van der Waals surface area contributed by atoms with Crippen molar-refractivity contribution in [1.29, 1.82) is 0 Å². The van der Waals surface area contributed by atoms with Gasteiger partial charge in [0.2, 0.25) is 5.91 Å². The summed E-state index contributed by atoms with van der Waals surface area (Å²) in [6.07, 6.45) is 1.45. The van der Waals surface area contributed by atoms with E-state index in [9.17, 15) is 4.79 Å². The summed E-state index contributed by atoms with van der Waals surface area (Å²) >= 11 is 0. The smallest absolute Gasteiger partial charge is 0.240 e. The molecule has 0 radical (unpaired) electrons. The molecule has 0 saturated heterocycles. The average Bonchev–Trinajstić information content (AvgIpc) is 2.33. The molecule has 5 nitrogen and oxygen atoms in total. The van der Waals surface area contributed by atoms with Crippen LogP contribution in [0.2, 0.25) is 0 Å². The van der Waals surface area contributed by atoms with Gasteiger partial charge in [0, 0.05) is 38.7 Å². The van der Waals surface area contributed by atoms with Crippen molar-refractivity contribution in [3.63, 3.8) is 0 Å². The van der Waals surface area contributed by atoms with E-state index in [1.165, 1.54) is 0 Å². The van der Waals surface area contributed by atoms with Crippen LogP contribution in [0.25, 0.3) is 0 Å². The van der Waals surface area contributed by atoms with Crippen molar-refractivity contribution >= 4 is 5.91 Å². The Morgan fingerprint density at radius 2 is 2.17 bits per heavy atom. The SMILES string of the molecule is CCOC1CC(N)(C(=O)NCCCOC)C1(C)C. The van der Waals surface area contributed by atoms with Crippen LogP contribution in [0.5, 0.6) is 0 Å². The minimum atomic E-state index is -0.820. The van der Waals surface area contributed by atoms with Crippen molar-refractivity contribution in [3.05, 3.63) is 0 Å². The highest BCUT2D eigenvalue weighted by Gasteiger charge is 2.62. The second-order valence-corrected chi connectivity index (χ2v) is 5.44. The number of carbonyl (C=O) groups is 1. The van der Waals surface area contributed by atoms with Gasteiger partial charge in [-0.05, 0) is 13.3 Å². The first-order valence-corrected chi connectivity index (χ1v) is 6.58. The predicted molar refractivity (Wildman–Crippen MR) is 70.2 cm³/mol. The second kappa shape index (κ2) is 5.99. The van der Waals surface area contributed by atoms with Gasteiger partial charge in [0.15, 0.2) is 0 Å². The number of hydrogen-bond donors (Lipinski definition) is 2. The molecule has 3 N–H and O–H groups in total. The highest BCUT2D eigenvalue weighted by molar-refractivity contribution is 5.88. The fraction of sp³-hybridized carbons (Fsp3) is 0.923. The molecule has 1 amide bonds. The molecule has 1 saturated carbocycles. The summed E-state index contributed by atoms with van der Waals surface area (Å²) in [4.78, 5) is 12.1. The minimum Gasteiger partial charge on any atom is -0.385 e. The van der Waals surface area contributed by atoms with Gasteiger partial charge in [-0.3, -0.25) is 4.79 Å². The Balaban J connectivity index is 2.48. The highest BCUT2D eigenvalue weighted by atomic mass is 16.5. The van der Waals surface area contributed by atoms with Gasteiger partial charge in [0.1, 0.15) is 5.54 Å². The van der Waals surface area contributed by atoms with Gasteiger partial charge in [0.05, 0.1) is 6.10 Å². The molecule has 1 aliphatic rings. The van der Waals surface area contributed by atoms with Crippen molar-refractivity contribution in [2.75, 3.05) is 26.9 Å². The van der Waals surface area contributed by atoms with Crippen LogP contribution in [-0.4, -0.2) is 44.4 Å². The number of rotatable bonds is 7. The highest BCUT2D eigenvalue weighted by Crippen LogP contribution is 2.49. The first kappa shape index (κ1) is 15.4. The molecular weight excluding hydrogens is 232 g/mol. The standard InChI is InChI=1S/C13H26N2O3/c1-5-18-10-9-13(14,12(10,2)3)11(16)15-7-6-8-17-4/h10H,5-9,14H2,1-4H3,(H,15,16). The number of ether oxygens (including phenoxy) is 2. The lowest BCUT2D eigenvalue weighted by Crippen LogP contribution is -2.75. The van der Waals surface area contributed by atoms with Gasteiger partial charge in [0.25, 0.3) is 0 Å². The third-order valence-electron chi connectivity index (χ3n) is 4.05. The normalized spacial score (nSPS) is 29.7. The molecule has 0 aliphatic heterocycles. The van der Waals surface area contributed by atoms with E-state index in [1.54, 1.807) is 7.11 Å². The monoisotopic (exact) mass is 258 g/mol. The Labute approximate surface area is 109 Å². The van der Waals surface area contributed by atoms with Crippen LogP contribution >= 0.6 is 0 Å². The van der Waals surface area contributed by atoms with Crippen LogP contribution < -0.4 is 11.1 Å². The van der Waals surface area contributed by atoms with Crippen LogP contribution in [0.1, 0.15) is 33.6 Å². The van der Waals surface area contributed by atoms with E-state index in [0.717, 1.165) is 6.42 Å². The lowest BCUT2D eigenvalue weighted by molar-refractivity contribution is -0.170. The van der Waals surface area contributed by atoms with Crippen molar-refractivity contribution in [2.24, 2.45) is 11.1 Å². The largest absolute Gasteiger partial charge is 0.385 e. The number of nitrogens with two attached hydrogens (primary N) is 1. The van der Waals surface area contributed by atoms with E-state index in [1.807, 2.05) is 20.8 Å². The molecular formula is C13H26N2O3. The molecule has 0 bridgehead atoms. The summed E-state index contributed by atoms with van der Waals surface area (Å²) in [5, 5.41) is 2.88. The molecule has 106 valence electrons. The molecule has 5 heteroatoms. The molecule has 18 heavy (non-hydrogen) atoms. The van der Waals surface area contributed by atoms with Gasteiger partial charge in [-0.15, -0.1) is 0 Å². The molecule has 0 heterocycles. The summed E-state index contributed by atoms with van der Waals surface area (Å²) in [7, 11) is 1.65. The molecule has 0 aromatic heterocycles. The number of nitrogens with one attached hydrogen (secondary N) is 1. The summed E-state index contributed by atoms with van der Waals surface area (Å²) in [5.74, 6) is -0.0837. The first-order valence-electron chi connectivity index (χ1n) is 6.58. The molecule has 2 unspecified atom stereocenters. The van der Waals surface area contributed by atoms with Crippen LogP contribution in [0, 0.1) is 5.41 Å². The lowest BCUT2D eigenvalue weighted by Gasteiger charge is -2.57. The maximum atomic E-state index is 12.1. The second-order valence-electron chi connectivity index (χ2n) is 5.44. The Hall–Kier alpha value is -0.650. The summed E-state index contributed by atoms with van der Waals surface area (Å²) in [6.45, 7) is 7.83. The van der Waals surface area contributed by atoms with Crippen molar-refractivity contribution in [2.45, 2.75) is 45.3 Å². The quantitative estimate of drug-likeness (QED) is 0.658. The Morgan fingerprint density at radius 1 is 1.50 bits per heavy atom. The number of hydrogen-bond acceptors (Lipinski definition) is 4. The molecule has 0 aromatic carbocycles. The third-order valence-corrected chi connectivity index (χ3v) is 4.05. The Morgan fingerprint density at radius 3 is 2.67 bits per heavy atom. The zero-order valence-electron chi connectivity index (χ0n) is 11.9. The van der Waals surface area contributed by atoms with E-state index in [-0.39, 0.29) is 17.4 Å². The van der Waals surface area contributed by atoms with Gasteiger partial charge >= 0.3 is 0 Å². The average molecular weight is 258 g/mol. The summed E-state index contributed by atoms with van der Waals surface area (Å²) in [6, 6.07) is 0. The van der Waals surface area contributed by atoms with E-state index in [0.29, 0.717) is 26.2 Å². The van der Waals surface area contributed by atoms with Crippen molar-refractivity contribution in [3.8, 4) is 0 Å². The molecule has 1 aliphatic carbocycles. The number of methoxy groups -OCH3 is 1. The molecule has 1 fully saturated rings. The first-order chi connectivity index (χ1) is 8.40. The molecule has 2 atom stereocenters. The zero-order valence-corrected chi connectivity index (χ0v) is 11.9. The maximum Gasteiger partial charge on any atom is 0.240 e. The van der Waals surface area contributed by atoms with Crippen LogP contribution in [0.15, 0.2) is 0 Å². The fourth-order valence-electron chi connectivity index (χ4n) is 2.40. The fourth-order valence-corrected chi connectivity index (χ4v) is 2.40. The summed E-state index contributed by atoms with van der Waals surface area (Å²) < 4.78 is 10.5. The topological polar surface area (TPSA) is 73.6 Å². The molecule has 0 spiro atoms. The van der Waals surface area contributed by atoms with E-state index < -0.39 is 5.54 Å². The maximum absolute atomic E-state index is 12.1. The van der Waals surface area contributed by atoms with Crippen molar-refractivity contribution < 1.29 is 14.3 Å². The van der Waals surface area contributed by atoms with Gasteiger partial charge < -0.3 is 20.5 Å².